The molecule has 108 valence electrons. The summed E-state index contributed by atoms with van der Waals surface area (Å²) in [6, 6.07) is 5.97. The van der Waals surface area contributed by atoms with Crippen LogP contribution in [0.5, 0.6) is 0 Å². The van der Waals surface area contributed by atoms with Crippen LogP contribution in [0.1, 0.15) is 5.56 Å². The van der Waals surface area contributed by atoms with Crippen molar-refractivity contribution in [2.45, 2.75) is 6.92 Å². The molecule has 2 aliphatic heterocycles. The lowest BCUT2D eigenvalue weighted by atomic mass is 10.0. The van der Waals surface area contributed by atoms with E-state index in [1.54, 1.807) is 0 Å². The highest BCUT2D eigenvalue weighted by atomic mass is 79.9. The van der Waals surface area contributed by atoms with Gasteiger partial charge in [-0.3, -0.25) is 9.69 Å². The van der Waals surface area contributed by atoms with Crippen LogP contribution in [0.25, 0.3) is 0 Å². The minimum Gasteiger partial charge on any atom is -0.324 e. The maximum Gasteiger partial charge on any atom is 0.238 e. The highest BCUT2D eigenvalue weighted by Gasteiger charge is 2.36. The number of carbonyl (C=O) groups is 1. The third-order valence-electron chi connectivity index (χ3n) is 4.23. The molecule has 2 heterocycles. The van der Waals surface area contributed by atoms with Crippen LogP contribution in [-0.4, -0.2) is 43.5 Å². The Balaban J connectivity index is 1.55. The van der Waals surface area contributed by atoms with Gasteiger partial charge < -0.3 is 10.6 Å². The smallest absolute Gasteiger partial charge is 0.238 e. The van der Waals surface area contributed by atoms with E-state index in [-0.39, 0.29) is 5.91 Å². The molecule has 1 aromatic carbocycles. The maximum absolute atomic E-state index is 12.1. The molecule has 0 saturated carbocycles. The number of hydrogen-bond acceptors (Lipinski definition) is 3. The lowest BCUT2D eigenvalue weighted by molar-refractivity contribution is -0.117. The van der Waals surface area contributed by atoms with Gasteiger partial charge in [-0.2, -0.15) is 0 Å². The summed E-state index contributed by atoms with van der Waals surface area (Å²) in [5.74, 6) is 1.53. The van der Waals surface area contributed by atoms with Crippen LogP contribution in [0.3, 0.4) is 0 Å². The number of aryl methyl sites for hydroxylation is 1. The van der Waals surface area contributed by atoms with E-state index in [4.69, 9.17) is 0 Å². The average Bonchev–Trinajstić information content (AvgIpc) is 2.93. The van der Waals surface area contributed by atoms with Crippen LogP contribution in [-0.2, 0) is 4.79 Å². The fraction of sp³-hybridized carbons (Fsp3) is 0.533. The van der Waals surface area contributed by atoms with Crippen molar-refractivity contribution in [1.82, 2.24) is 10.2 Å². The van der Waals surface area contributed by atoms with Gasteiger partial charge in [-0.15, -0.1) is 0 Å². The number of anilines is 1. The summed E-state index contributed by atoms with van der Waals surface area (Å²) < 4.78 is 0.938. The summed E-state index contributed by atoms with van der Waals surface area (Å²) in [7, 11) is 0. The second-order valence-corrected chi connectivity index (χ2v) is 6.76. The average molecular weight is 338 g/mol. The van der Waals surface area contributed by atoms with Crippen molar-refractivity contribution < 1.29 is 4.79 Å². The Morgan fingerprint density at radius 1 is 1.40 bits per heavy atom. The third kappa shape index (κ3) is 3.05. The van der Waals surface area contributed by atoms with Gasteiger partial charge in [-0.25, -0.2) is 0 Å². The number of carbonyl (C=O) groups excluding carboxylic acids is 1. The molecule has 2 atom stereocenters. The van der Waals surface area contributed by atoms with Crippen LogP contribution in [0.4, 0.5) is 5.69 Å². The molecule has 0 radical (unpaired) electrons. The number of nitrogens with one attached hydrogen (secondary N) is 2. The Hall–Kier alpha value is -0.910. The van der Waals surface area contributed by atoms with Gasteiger partial charge in [0.25, 0.3) is 0 Å². The van der Waals surface area contributed by atoms with Gasteiger partial charge in [0.2, 0.25) is 5.91 Å². The Morgan fingerprint density at radius 3 is 2.75 bits per heavy atom. The van der Waals surface area contributed by atoms with Crippen molar-refractivity contribution >= 4 is 27.5 Å². The number of hydrogen-bond donors (Lipinski definition) is 2. The lowest BCUT2D eigenvalue weighted by Gasteiger charge is -2.17. The van der Waals surface area contributed by atoms with Gasteiger partial charge in [-0.05, 0) is 65.5 Å². The van der Waals surface area contributed by atoms with Gasteiger partial charge in [0.05, 0.1) is 12.2 Å². The predicted octanol–water partition coefficient (Wildman–Crippen LogP) is 1.85. The molecule has 0 bridgehead atoms. The fourth-order valence-corrected chi connectivity index (χ4v) is 3.79. The first kappa shape index (κ1) is 14.0. The molecule has 5 heteroatoms. The van der Waals surface area contributed by atoms with Crippen molar-refractivity contribution in [3.63, 3.8) is 0 Å². The van der Waals surface area contributed by atoms with Gasteiger partial charge in [-0.1, -0.05) is 6.07 Å². The molecule has 1 amide bonds. The van der Waals surface area contributed by atoms with E-state index in [9.17, 15) is 4.79 Å². The summed E-state index contributed by atoms with van der Waals surface area (Å²) in [6.07, 6.45) is 0. The molecular formula is C15H20BrN3O. The third-order valence-corrected chi connectivity index (χ3v) is 4.89. The van der Waals surface area contributed by atoms with Gasteiger partial charge in [0, 0.05) is 17.6 Å². The zero-order valence-corrected chi connectivity index (χ0v) is 13.2. The molecule has 3 rings (SSSR count). The zero-order chi connectivity index (χ0) is 14.1. The first-order valence-electron chi connectivity index (χ1n) is 7.11. The molecule has 2 aliphatic rings. The number of rotatable bonds is 3. The molecule has 2 N–H and O–H groups in total. The van der Waals surface area contributed by atoms with E-state index >= 15 is 0 Å². The number of nitrogens with zero attached hydrogens (tertiary/aromatic N) is 1. The number of amides is 1. The second-order valence-electron chi connectivity index (χ2n) is 5.90. The van der Waals surface area contributed by atoms with E-state index in [2.05, 4.69) is 31.5 Å². The summed E-state index contributed by atoms with van der Waals surface area (Å²) in [6.45, 7) is 6.82. The number of likely N-dealkylation sites (tertiary alicyclic amines) is 1. The second kappa shape index (κ2) is 5.84. The Bertz CT molecular complexity index is 508. The molecule has 2 saturated heterocycles. The molecule has 1 aromatic rings. The van der Waals surface area contributed by atoms with Crippen LogP contribution < -0.4 is 10.6 Å². The minimum atomic E-state index is 0.0717. The lowest BCUT2D eigenvalue weighted by Crippen LogP contribution is -2.33. The van der Waals surface area contributed by atoms with Crippen molar-refractivity contribution in [1.29, 1.82) is 0 Å². The van der Waals surface area contributed by atoms with E-state index in [0.29, 0.717) is 6.54 Å². The summed E-state index contributed by atoms with van der Waals surface area (Å²) in [4.78, 5) is 14.4. The van der Waals surface area contributed by atoms with Crippen LogP contribution in [0.2, 0.25) is 0 Å². The molecule has 2 fully saturated rings. The highest BCUT2D eigenvalue weighted by Crippen LogP contribution is 2.26. The molecular weight excluding hydrogens is 318 g/mol. The molecule has 2 unspecified atom stereocenters. The SMILES string of the molecule is Cc1ccc(NC(=O)CN2CC3CNCC3C2)c(Br)c1. The van der Waals surface area contributed by atoms with Crippen molar-refractivity contribution in [2.24, 2.45) is 11.8 Å². The number of fused-ring (bicyclic) bond motifs is 1. The first-order valence-corrected chi connectivity index (χ1v) is 7.90. The van der Waals surface area contributed by atoms with Crippen molar-refractivity contribution in [3.8, 4) is 0 Å². The predicted molar refractivity (Wildman–Crippen MR) is 83.8 cm³/mol. The zero-order valence-electron chi connectivity index (χ0n) is 11.7. The largest absolute Gasteiger partial charge is 0.324 e. The summed E-state index contributed by atoms with van der Waals surface area (Å²) in [5, 5.41) is 6.40. The quantitative estimate of drug-likeness (QED) is 0.884. The molecule has 4 nitrogen and oxygen atoms in total. The fourth-order valence-electron chi connectivity index (χ4n) is 3.20. The van der Waals surface area contributed by atoms with Crippen molar-refractivity contribution in [2.75, 3.05) is 38.0 Å². The van der Waals surface area contributed by atoms with Gasteiger partial charge in [0.1, 0.15) is 0 Å². The molecule has 0 aliphatic carbocycles. The van der Waals surface area contributed by atoms with Gasteiger partial charge >= 0.3 is 0 Å². The van der Waals surface area contributed by atoms with Crippen LogP contribution in [0.15, 0.2) is 22.7 Å². The summed E-state index contributed by atoms with van der Waals surface area (Å²) in [5.41, 5.74) is 2.02. The molecule has 0 spiro atoms. The number of halogens is 1. The molecule has 0 aromatic heterocycles. The van der Waals surface area contributed by atoms with E-state index < -0.39 is 0 Å². The minimum absolute atomic E-state index is 0.0717. The van der Waals surface area contributed by atoms with Gasteiger partial charge in [0.15, 0.2) is 0 Å². The van der Waals surface area contributed by atoms with E-state index in [0.717, 1.165) is 48.2 Å². The Kier molecular flexibility index (Phi) is 4.10. The molecule has 20 heavy (non-hydrogen) atoms. The van der Waals surface area contributed by atoms with Crippen LogP contribution in [0, 0.1) is 18.8 Å². The van der Waals surface area contributed by atoms with Crippen molar-refractivity contribution in [3.05, 3.63) is 28.2 Å². The number of benzene rings is 1. The normalized spacial score (nSPS) is 25.7. The standard InChI is InChI=1S/C15H20BrN3O/c1-10-2-3-14(13(16)4-10)18-15(20)9-19-7-11-5-17-6-12(11)8-19/h2-4,11-12,17H,5-9H2,1H3,(H,18,20). The van der Waals surface area contributed by atoms with E-state index in [1.165, 1.54) is 5.56 Å². The Morgan fingerprint density at radius 2 is 2.10 bits per heavy atom. The maximum atomic E-state index is 12.1. The topological polar surface area (TPSA) is 44.4 Å². The highest BCUT2D eigenvalue weighted by molar-refractivity contribution is 9.10. The van der Waals surface area contributed by atoms with Crippen LogP contribution >= 0.6 is 15.9 Å². The first-order chi connectivity index (χ1) is 9.61. The monoisotopic (exact) mass is 337 g/mol. The summed E-state index contributed by atoms with van der Waals surface area (Å²) >= 11 is 3.49. The van der Waals surface area contributed by atoms with E-state index in [1.807, 2.05) is 25.1 Å². The Labute approximate surface area is 128 Å².